The quantitative estimate of drug-likeness (QED) is 0.316. The molecule has 4 rings (SSSR count). The summed E-state index contributed by atoms with van der Waals surface area (Å²) in [5, 5.41) is 14.6. The van der Waals surface area contributed by atoms with E-state index >= 15 is 0 Å². The Labute approximate surface area is 249 Å². The fraction of sp³-hybridized carbons (Fsp3) is 0.423. The molecule has 1 fully saturated rings. The minimum absolute atomic E-state index is 0.0672. The predicted molar refractivity (Wildman–Crippen MR) is 137 cm³/mol. The van der Waals surface area contributed by atoms with Crippen LogP contribution in [0.15, 0.2) is 47.4 Å². The number of anilines is 1. The number of sulfone groups is 1. The van der Waals surface area contributed by atoms with Crippen molar-refractivity contribution in [2.75, 3.05) is 11.6 Å². The third-order valence-electron chi connectivity index (χ3n) is 6.84. The number of nitrogens with one attached hydrogen (secondary N) is 3. The molecule has 2 amide bonds. The van der Waals surface area contributed by atoms with Crippen molar-refractivity contribution in [2.45, 2.75) is 66.7 Å². The number of aliphatic carboxylic acids is 1. The minimum Gasteiger partial charge on any atom is -0.475 e. The van der Waals surface area contributed by atoms with E-state index in [9.17, 15) is 57.5 Å². The van der Waals surface area contributed by atoms with E-state index in [1.54, 1.807) is 0 Å². The van der Waals surface area contributed by atoms with Crippen LogP contribution in [0.5, 0.6) is 0 Å². The number of carbonyl (C=O) groups is 3. The topological polar surface area (TPSA) is 142 Å². The third kappa shape index (κ3) is 8.24. The van der Waals surface area contributed by atoms with Crippen LogP contribution in [0.4, 0.5) is 45.2 Å². The molecule has 1 aliphatic heterocycles. The maximum Gasteiger partial charge on any atom is 0.490 e. The van der Waals surface area contributed by atoms with Gasteiger partial charge in [-0.3, -0.25) is 14.9 Å². The molecule has 2 aromatic rings. The second-order valence-corrected chi connectivity index (χ2v) is 12.3. The molecule has 2 aliphatic rings. The number of halogens is 9. The SMILES string of the molecule is CS(=O)(=O)c1ccc2c(c1)CNC2C(=O)Nc1ccc(C(CC(=O)NC2CC2)(C(F)(F)F)C(F)(F)F)cc1.O=C(O)C(F)(F)F. The molecule has 248 valence electrons. The summed E-state index contributed by atoms with van der Waals surface area (Å²) >= 11 is 0. The van der Waals surface area contributed by atoms with Crippen LogP contribution in [0, 0.1) is 0 Å². The Morgan fingerprint density at radius 2 is 1.44 bits per heavy atom. The average Bonchev–Trinajstić information content (AvgIpc) is 3.59. The molecule has 0 aromatic heterocycles. The van der Waals surface area contributed by atoms with E-state index in [1.807, 2.05) is 0 Å². The van der Waals surface area contributed by atoms with E-state index in [0.29, 0.717) is 36.1 Å². The zero-order chi connectivity index (χ0) is 34.2. The predicted octanol–water partition coefficient (Wildman–Crippen LogP) is 4.54. The fourth-order valence-electron chi connectivity index (χ4n) is 4.39. The van der Waals surface area contributed by atoms with Crippen molar-refractivity contribution < 1.29 is 67.4 Å². The van der Waals surface area contributed by atoms with Gasteiger partial charge < -0.3 is 15.7 Å². The van der Waals surface area contributed by atoms with Gasteiger partial charge in [-0.25, -0.2) is 13.2 Å². The Balaban J connectivity index is 0.000000707. The van der Waals surface area contributed by atoms with Gasteiger partial charge in [0.05, 0.1) is 11.3 Å². The van der Waals surface area contributed by atoms with Crippen LogP contribution in [0.3, 0.4) is 0 Å². The van der Waals surface area contributed by atoms with Crippen molar-refractivity contribution >= 4 is 33.3 Å². The molecule has 1 saturated carbocycles. The Kier molecular flexibility index (Phi) is 9.89. The third-order valence-corrected chi connectivity index (χ3v) is 7.95. The molecule has 19 heteroatoms. The smallest absolute Gasteiger partial charge is 0.475 e. The van der Waals surface area contributed by atoms with E-state index in [1.165, 1.54) is 18.2 Å². The first kappa shape index (κ1) is 35.6. The number of fused-ring (bicyclic) bond motifs is 1. The van der Waals surface area contributed by atoms with Gasteiger partial charge in [-0.1, -0.05) is 18.2 Å². The highest BCUT2D eigenvalue weighted by Crippen LogP contribution is 2.54. The van der Waals surface area contributed by atoms with Gasteiger partial charge in [0.1, 0.15) is 6.04 Å². The van der Waals surface area contributed by atoms with Gasteiger partial charge in [-0.05, 0) is 53.8 Å². The first-order valence-electron chi connectivity index (χ1n) is 12.7. The Morgan fingerprint density at radius 3 is 1.89 bits per heavy atom. The summed E-state index contributed by atoms with van der Waals surface area (Å²) in [6.45, 7) is 0.179. The zero-order valence-corrected chi connectivity index (χ0v) is 23.6. The molecule has 2 aromatic carbocycles. The number of carbonyl (C=O) groups excluding carboxylic acids is 2. The van der Waals surface area contributed by atoms with Crippen molar-refractivity contribution in [1.29, 1.82) is 0 Å². The van der Waals surface area contributed by atoms with Gasteiger partial charge in [-0.2, -0.15) is 39.5 Å². The second kappa shape index (κ2) is 12.5. The number of benzene rings is 2. The number of carboxylic acids is 1. The normalized spacial score (nSPS) is 17.1. The Morgan fingerprint density at radius 1 is 0.911 bits per heavy atom. The molecule has 4 N–H and O–H groups in total. The van der Waals surface area contributed by atoms with Crippen molar-refractivity contribution in [3.05, 3.63) is 59.2 Å². The molecule has 0 radical (unpaired) electrons. The van der Waals surface area contributed by atoms with Crippen molar-refractivity contribution in [3.63, 3.8) is 0 Å². The summed E-state index contributed by atoms with van der Waals surface area (Å²) in [6, 6.07) is 5.87. The number of amides is 2. The van der Waals surface area contributed by atoms with Crippen molar-refractivity contribution in [2.24, 2.45) is 0 Å². The Hall–Kier alpha value is -3.87. The standard InChI is InChI=1S/C24H23F6N3O4S.C2HF3O2/c1-38(36,37)17-8-9-18-13(10-17)12-31-20(18)21(35)33-16-4-2-14(3-5-16)22(23(25,26)27,24(28,29)30)11-19(34)32-15-6-7-15;3-2(4,5)1(6)7/h2-5,8-10,15,20,31H,6-7,11-12H2,1H3,(H,32,34)(H,33,35);(H,6,7). The summed E-state index contributed by atoms with van der Waals surface area (Å²) in [5.74, 6) is -4.76. The summed E-state index contributed by atoms with van der Waals surface area (Å²) in [5.41, 5.74) is -4.64. The molecule has 0 saturated heterocycles. The van der Waals surface area contributed by atoms with Gasteiger partial charge in [0.25, 0.3) is 0 Å². The van der Waals surface area contributed by atoms with E-state index in [-0.39, 0.29) is 17.1 Å². The number of rotatable bonds is 7. The van der Waals surface area contributed by atoms with E-state index in [0.717, 1.165) is 18.4 Å². The molecular weight excluding hydrogens is 653 g/mol. The van der Waals surface area contributed by atoms with E-state index in [2.05, 4.69) is 16.0 Å². The lowest BCUT2D eigenvalue weighted by atomic mass is 9.75. The molecule has 45 heavy (non-hydrogen) atoms. The molecule has 1 aliphatic carbocycles. The number of hydrogen-bond donors (Lipinski definition) is 4. The van der Waals surface area contributed by atoms with Crippen LogP contribution < -0.4 is 16.0 Å². The van der Waals surface area contributed by atoms with Gasteiger partial charge >= 0.3 is 24.5 Å². The van der Waals surface area contributed by atoms with Gasteiger partial charge in [0.15, 0.2) is 15.3 Å². The molecule has 0 bridgehead atoms. The summed E-state index contributed by atoms with van der Waals surface area (Å²) < 4.78 is 139. The molecule has 1 atom stereocenters. The number of alkyl halides is 9. The first-order chi connectivity index (χ1) is 20.5. The molecule has 1 unspecified atom stereocenters. The molecule has 9 nitrogen and oxygen atoms in total. The highest BCUT2D eigenvalue weighted by Gasteiger charge is 2.72. The average molecular weight is 678 g/mol. The lowest BCUT2D eigenvalue weighted by Gasteiger charge is -2.37. The largest absolute Gasteiger partial charge is 0.490 e. The van der Waals surface area contributed by atoms with Gasteiger partial charge in [-0.15, -0.1) is 0 Å². The molecule has 0 spiro atoms. The van der Waals surface area contributed by atoms with Crippen LogP contribution >= 0.6 is 0 Å². The van der Waals surface area contributed by atoms with Gasteiger partial charge in [0, 0.05) is 24.5 Å². The number of carboxylic acid groups (broad SMARTS) is 1. The lowest BCUT2D eigenvalue weighted by Crippen LogP contribution is -2.56. The summed E-state index contributed by atoms with van der Waals surface area (Å²) in [6.07, 6.45) is -16.6. The molecular formula is C26H24F9N3O6S. The lowest BCUT2D eigenvalue weighted by molar-refractivity contribution is -0.303. The maximum absolute atomic E-state index is 14.0. The van der Waals surface area contributed by atoms with Crippen molar-refractivity contribution in [1.82, 2.24) is 10.6 Å². The van der Waals surface area contributed by atoms with E-state index < -0.39 is 75.6 Å². The number of hydrogen-bond acceptors (Lipinski definition) is 6. The van der Waals surface area contributed by atoms with Crippen LogP contribution in [-0.4, -0.2) is 62.1 Å². The molecule has 1 heterocycles. The highest BCUT2D eigenvalue weighted by molar-refractivity contribution is 7.90. The second-order valence-electron chi connectivity index (χ2n) is 10.2. The van der Waals surface area contributed by atoms with Crippen LogP contribution in [0.1, 0.15) is 42.0 Å². The monoisotopic (exact) mass is 677 g/mol. The van der Waals surface area contributed by atoms with Crippen LogP contribution in [0.2, 0.25) is 0 Å². The van der Waals surface area contributed by atoms with Gasteiger partial charge in [0.2, 0.25) is 11.8 Å². The Bertz CT molecular complexity index is 1540. The van der Waals surface area contributed by atoms with E-state index in [4.69, 9.17) is 9.90 Å². The van der Waals surface area contributed by atoms with Crippen LogP contribution in [-0.2, 0) is 36.2 Å². The highest BCUT2D eigenvalue weighted by atomic mass is 32.2. The summed E-state index contributed by atoms with van der Waals surface area (Å²) in [7, 11) is -3.47. The van der Waals surface area contributed by atoms with Crippen LogP contribution in [0.25, 0.3) is 0 Å². The van der Waals surface area contributed by atoms with Crippen molar-refractivity contribution in [3.8, 4) is 0 Å². The minimum atomic E-state index is -5.83. The zero-order valence-electron chi connectivity index (χ0n) is 22.8. The maximum atomic E-state index is 14.0. The summed E-state index contributed by atoms with van der Waals surface area (Å²) in [4.78, 5) is 33.9. The first-order valence-corrected chi connectivity index (χ1v) is 14.6. The fourth-order valence-corrected chi connectivity index (χ4v) is 5.07.